The van der Waals surface area contributed by atoms with E-state index >= 15 is 0 Å². The van der Waals surface area contributed by atoms with Crippen LogP contribution in [0.3, 0.4) is 0 Å². The standard InChI is InChI=1S/C13H20FN3/c1-3-10-8-13(11(14)9-12(10)15)17-6-4-16(2)5-7-17/h8-9H,3-7,15H2,1-2H3. The molecule has 0 aliphatic carbocycles. The van der Waals surface area contributed by atoms with Crippen LogP contribution in [-0.4, -0.2) is 38.1 Å². The minimum Gasteiger partial charge on any atom is -0.398 e. The zero-order valence-corrected chi connectivity index (χ0v) is 10.5. The second-order valence-corrected chi connectivity index (χ2v) is 4.65. The van der Waals surface area contributed by atoms with E-state index in [-0.39, 0.29) is 5.82 Å². The predicted molar refractivity (Wildman–Crippen MR) is 69.9 cm³/mol. The number of hydrogen-bond acceptors (Lipinski definition) is 3. The number of likely N-dealkylation sites (N-methyl/N-ethyl adjacent to an activating group) is 1. The van der Waals surface area contributed by atoms with Gasteiger partial charge in [-0.05, 0) is 31.2 Å². The molecule has 1 aromatic carbocycles. The van der Waals surface area contributed by atoms with Crippen LogP contribution in [0.5, 0.6) is 0 Å². The van der Waals surface area contributed by atoms with E-state index < -0.39 is 0 Å². The molecule has 1 saturated heterocycles. The summed E-state index contributed by atoms with van der Waals surface area (Å²) in [7, 11) is 2.09. The Hall–Kier alpha value is -1.29. The number of benzene rings is 1. The lowest BCUT2D eigenvalue weighted by molar-refractivity contribution is 0.311. The van der Waals surface area contributed by atoms with Gasteiger partial charge < -0.3 is 15.5 Å². The summed E-state index contributed by atoms with van der Waals surface area (Å²) in [5.74, 6) is -0.204. The lowest BCUT2D eigenvalue weighted by atomic mass is 10.1. The van der Waals surface area contributed by atoms with Crippen molar-refractivity contribution in [2.24, 2.45) is 0 Å². The Morgan fingerprint density at radius 2 is 1.88 bits per heavy atom. The van der Waals surface area contributed by atoms with Crippen molar-refractivity contribution in [3.63, 3.8) is 0 Å². The molecular formula is C13H20FN3. The average Bonchev–Trinajstić information content (AvgIpc) is 2.31. The molecule has 1 aliphatic heterocycles. The van der Waals surface area contributed by atoms with Crippen LogP contribution in [0.1, 0.15) is 12.5 Å². The Labute approximate surface area is 102 Å². The van der Waals surface area contributed by atoms with Crippen LogP contribution in [0.15, 0.2) is 12.1 Å². The van der Waals surface area contributed by atoms with E-state index in [9.17, 15) is 4.39 Å². The van der Waals surface area contributed by atoms with Gasteiger partial charge in [-0.1, -0.05) is 6.92 Å². The third-order valence-electron chi connectivity index (χ3n) is 3.43. The van der Waals surface area contributed by atoms with E-state index in [4.69, 9.17) is 5.73 Å². The van der Waals surface area contributed by atoms with Crippen LogP contribution >= 0.6 is 0 Å². The van der Waals surface area contributed by atoms with Gasteiger partial charge in [-0.15, -0.1) is 0 Å². The topological polar surface area (TPSA) is 32.5 Å². The number of piperazine rings is 1. The number of hydrogen-bond donors (Lipinski definition) is 1. The normalized spacial score (nSPS) is 17.5. The summed E-state index contributed by atoms with van der Waals surface area (Å²) in [6.45, 7) is 5.74. The molecule has 1 aliphatic rings. The summed E-state index contributed by atoms with van der Waals surface area (Å²) in [6.07, 6.45) is 0.840. The van der Waals surface area contributed by atoms with Gasteiger partial charge in [0.05, 0.1) is 5.69 Å². The molecule has 0 amide bonds. The van der Waals surface area contributed by atoms with Crippen LogP contribution in [0.2, 0.25) is 0 Å². The molecule has 0 radical (unpaired) electrons. The van der Waals surface area contributed by atoms with E-state index in [0.717, 1.165) is 38.2 Å². The fourth-order valence-electron chi connectivity index (χ4n) is 2.22. The molecule has 0 unspecified atom stereocenters. The molecule has 1 heterocycles. The first kappa shape index (κ1) is 12.2. The largest absolute Gasteiger partial charge is 0.398 e. The van der Waals surface area contributed by atoms with Crippen molar-refractivity contribution >= 4 is 11.4 Å². The van der Waals surface area contributed by atoms with E-state index in [1.54, 1.807) is 0 Å². The lowest BCUT2D eigenvalue weighted by Crippen LogP contribution is -2.44. The second-order valence-electron chi connectivity index (χ2n) is 4.65. The summed E-state index contributed by atoms with van der Waals surface area (Å²) >= 11 is 0. The molecule has 4 heteroatoms. The Balaban J connectivity index is 2.25. The Morgan fingerprint density at radius 1 is 1.24 bits per heavy atom. The van der Waals surface area contributed by atoms with Gasteiger partial charge in [-0.2, -0.15) is 0 Å². The smallest absolute Gasteiger partial charge is 0.148 e. The predicted octanol–water partition coefficient (Wildman–Crippen LogP) is 1.72. The Kier molecular flexibility index (Phi) is 3.52. The van der Waals surface area contributed by atoms with Gasteiger partial charge in [0.1, 0.15) is 5.82 Å². The molecule has 17 heavy (non-hydrogen) atoms. The minimum absolute atomic E-state index is 0.204. The highest BCUT2D eigenvalue weighted by Crippen LogP contribution is 2.26. The fourth-order valence-corrected chi connectivity index (χ4v) is 2.22. The first-order valence-electron chi connectivity index (χ1n) is 6.13. The number of anilines is 2. The monoisotopic (exact) mass is 237 g/mol. The third kappa shape index (κ3) is 2.52. The van der Waals surface area contributed by atoms with Gasteiger partial charge in [0, 0.05) is 31.9 Å². The average molecular weight is 237 g/mol. The van der Waals surface area contributed by atoms with Crippen LogP contribution in [0.4, 0.5) is 15.8 Å². The van der Waals surface area contributed by atoms with E-state index in [1.165, 1.54) is 6.07 Å². The summed E-state index contributed by atoms with van der Waals surface area (Å²) in [6, 6.07) is 3.35. The highest BCUT2D eigenvalue weighted by molar-refractivity contribution is 5.59. The minimum atomic E-state index is -0.204. The molecular weight excluding hydrogens is 217 g/mol. The zero-order chi connectivity index (χ0) is 12.4. The van der Waals surface area contributed by atoms with Crippen molar-refractivity contribution in [1.82, 2.24) is 4.90 Å². The molecule has 0 aromatic heterocycles. The number of aryl methyl sites for hydroxylation is 1. The molecule has 1 aromatic rings. The van der Waals surface area contributed by atoms with Gasteiger partial charge in [0.25, 0.3) is 0 Å². The highest BCUT2D eigenvalue weighted by Gasteiger charge is 2.18. The van der Waals surface area contributed by atoms with Gasteiger partial charge in [0.15, 0.2) is 0 Å². The van der Waals surface area contributed by atoms with Crippen LogP contribution < -0.4 is 10.6 Å². The van der Waals surface area contributed by atoms with Crippen molar-refractivity contribution in [2.75, 3.05) is 43.9 Å². The van der Waals surface area contributed by atoms with E-state index in [0.29, 0.717) is 11.4 Å². The first-order chi connectivity index (χ1) is 8.11. The second kappa shape index (κ2) is 4.92. The highest BCUT2D eigenvalue weighted by atomic mass is 19.1. The van der Waals surface area contributed by atoms with Crippen molar-refractivity contribution in [3.8, 4) is 0 Å². The molecule has 2 N–H and O–H groups in total. The molecule has 0 spiro atoms. The maximum Gasteiger partial charge on any atom is 0.148 e. The SMILES string of the molecule is CCc1cc(N2CCN(C)CC2)c(F)cc1N. The molecule has 0 saturated carbocycles. The Morgan fingerprint density at radius 3 is 2.47 bits per heavy atom. The summed E-state index contributed by atoms with van der Waals surface area (Å²) < 4.78 is 13.9. The van der Waals surface area contributed by atoms with E-state index in [2.05, 4.69) is 16.8 Å². The van der Waals surface area contributed by atoms with Crippen molar-refractivity contribution in [3.05, 3.63) is 23.5 Å². The zero-order valence-electron chi connectivity index (χ0n) is 10.5. The number of rotatable bonds is 2. The number of nitrogens with zero attached hydrogens (tertiary/aromatic N) is 2. The first-order valence-corrected chi connectivity index (χ1v) is 6.13. The Bertz CT molecular complexity index is 398. The molecule has 0 bridgehead atoms. The molecule has 3 nitrogen and oxygen atoms in total. The van der Waals surface area contributed by atoms with Crippen molar-refractivity contribution < 1.29 is 4.39 Å². The van der Waals surface area contributed by atoms with Gasteiger partial charge >= 0.3 is 0 Å². The summed E-state index contributed by atoms with van der Waals surface area (Å²) in [5.41, 5.74) is 8.07. The summed E-state index contributed by atoms with van der Waals surface area (Å²) in [4.78, 5) is 4.36. The van der Waals surface area contributed by atoms with Crippen LogP contribution in [-0.2, 0) is 6.42 Å². The summed E-state index contributed by atoms with van der Waals surface area (Å²) in [5, 5.41) is 0. The maximum absolute atomic E-state index is 13.9. The molecule has 1 fully saturated rings. The fraction of sp³-hybridized carbons (Fsp3) is 0.538. The quantitative estimate of drug-likeness (QED) is 0.795. The number of nitrogens with two attached hydrogens (primary N) is 1. The lowest BCUT2D eigenvalue weighted by Gasteiger charge is -2.34. The number of nitrogen functional groups attached to an aromatic ring is 1. The van der Waals surface area contributed by atoms with Gasteiger partial charge in [-0.3, -0.25) is 0 Å². The maximum atomic E-state index is 13.9. The third-order valence-corrected chi connectivity index (χ3v) is 3.43. The van der Waals surface area contributed by atoms with E-state index in [1.807, 2.05) is 13.0 Å². The van der Waals surface area contributed by atoms with Crippen molar-refractivity contribution in [2.45, 2.75) is 13.3 Å². The van der Waals surface area contributed by atoms with Gasteiger partial charge in [0.2, 0.25) is 0 Å². The number of halogens is 1. The van der Waals surface area contributed by atoms with Gasteiger partial charge in [-0.25, -0.2) is 4.39 Å². The van der Waals surface area contributed by atoms with Crippen LogP contribution in [0, 0.1) is 5.82 Å². The molecule has 0 atom stereocenters. The van der Waals surface area contributed by atoms with Crippen molar-refractivity contribution in [1.29, 1.82) is 0 Å². The molecule has 94 valence electrons. The van der Waals surface area contributed by atoms with Crippen LogP contribution in [0.25, 0.3) is 0 Å². The molecule has 2 rings (SSSR count).